The average Bonchev–Trinajstić information content (AvgIpc) is 2.71. The summed E-state index contributed by atoms with van der Waals surface area (Å²) in [6.07, 6.45) is 0. The molecule has 0 saturated carbocycles. The third kappa shape index (κ3) is 5.21. The topological polar surface area (TPSA) is 96.7 Å². The Kier molecular flexibility index (Phi) is 6.27. The second-order valence-electron chi connectivity index (χ2n) is 6.33. The summed E-state index contributed by atoms with van der Waals surface area (Å²) >= 11 is 0. The highest BCUT2D eigenvalue weighted by atomic mass is 16.5. The van der Waals surface area contributed by atoms with E-state index in [1.54, 1.807) is 24.3 Å². The number of ether oxygens (including phenoxy) is 1. The molecule has 0 radical (unpaired) electrons. The van der Waals surface area contributed by atoms with Gasteiger partial charge in [-0.3, -0.25) is 4.79 Å². The number of anilines is 1. The van der Waals surface area contributed by atoms with E-state index in [0.717, 1.165) is 43.1 Å². The van der Waals surface area contributed by atoms with Gasteiger partial charge in [-0.2, -0.15) is 0 Å². The molecule has 0 bridgehead atoms. The molecule has 1 aliphatic rings. The number of carbonyl (C=O) groups excluding carboxylic acids is 2. The number of carbonyl (C=O) groups is 2. The number of morpholine rings is 1. The van der Waals surface area contributed by atoms with Crippen molar-refractivity contribution >= 4 is 17.6 Å². The molecule has 7 nitrogen and oxygen atoms in total. The van der Waals surface area contributed by atoms with Gasteiger partial charge >= 0.3 is 6.03 Å². The van der Waals surface area contributed by atoms with E-state index in [0.29, 0.717) is 18.7 Å². The summed E-state index contributed by atoms with van der Waals surface area (Å²) in [6.45, 7) is 3.94. The van der Waals surface area contributed by atoms with Gasteiger partial charge in [0.1, 0.15) is 0 Å². The summed E-state index contributed by atoms with van der Waals surface area (Å²) in [5, 5.41) is 5.50. The smallest absolute Gasteiger partial charge is 0.312 e. The Balaban J connectivity index is 1.60. The fraction of sp³-hybridized carbons (Fsp3) is 0.300. The largest absolute Gasteiger partial charge is 0.378 e. The Morgan fingerprint density at radius 1 is 0.963 bits per heavy atom. The number of benzene rings is 2. The molecule has 3 rings (SSSR count). The minimum absolute atomic E-state index is 0.138. The molecule has 1 fully saturated rings. The Bertz CT molecular complexity index is 786. The van der Waals surface area contributed by atoms with Crippen molar-refractivity contribution in [2.45, 2.75) is 13.1 Å². The first-order valence-corrected chi connectivity index (χ1v) is 8.94. The zero-order valence-electron chi connectivity index (χ0n) is 15.1. The van der Waals surface area contributed by atoms with E-state index < -0.39 is 6.03 Å². The van der Waals surface area contributed by atoms with Crippen LogP contribution in [0.3, 0.4) is 0 Å². The van der Waals surface area contributed by atoms with Crippen molar-refractivity contribution in [1.29, 1.82) is 0 Å². The first-order chi connectivity index (χ1) is 13.1. The standard InChI is InChI=1S/C20H24N4O3/c21-20(26)23-13-15-5-7-16(8-6-15)19(25)22-14-17-3-1-2-4-18(17)24-9-11-27-12-10-24/h1-8H,9-14H2,(H,22,25)(H3,21,23,26). The number of hydrogen-bond donors (Lipinski definition) is 3. The Morgan fingerprint density at radius 2 is 1.67 bits per heavy atom. The zero-order valence-corrected chi connectivity index (χ0v) is 15.1. The average molecular weight is 368 g/mol. The molecule has 3 amide bonds. The number of nitrogens with two attached hydrogens (primary N) is 1. The number of amides is 3. The van der Waals surface area contributed by atoms with E-state index in [9.17, 15) is 9.59 Å². The summed E-state index contributed by atoms with van der Waals surface area (Å²) in [5.41, 5.74) is 8.72. The molecule has 27 heavy (non-hydrogen) atoms. The number of nitrogens with zero attached hydrogens (tertiary/aromatic N) is 1. The maximum atomic E-state index is 12.4. The highest BCUT2D eigenvalue weighted by Gasteiger charge is 2.15. The molecular weight excluding hydrogens is 344 g/mol. The van der Waals surface area contributed by atoms with Crippen LogP contribution in [0.5, 0.6) is 0 Å². The van der Waals surface area contributed by atoms with Crippen LogP contribution < -0.4 is 21.3 Å². The van der Waals surface area contributed by atoms with Crippen molar-refractivity contribution in [3.63, 3.8) is 0 Å². The predicted molar refractivity (Wildman–Crippen MR) is 104 cm³/mol. The zero-order chi connectivity index (χ0) is 19.1. The van der Waals surface area contributed by atoms with E-state index in [-0.39, 0.29) is 5.91 Å². The summed E-state index contributed by atoms with van der Waals surface area (Å²) in [5.74, 6) is -0.138. The lowest BCUT2D eigenvalue weighted by molar-refractivity contribution is 0.0950. The summed E-state index contributed by atoms with van der Waals surface area (Å²) in [6, 6.07) is 14.6. The molecule has 1 aliphatic heterocycles. The van der Waals surface area contributed by atoms with Crippen molar-refractivity contribution in [1.82, 2.24) is 10.6 Å². The predicted octanol–water partition coefficient (Wildman–Crippen LogP) is 1.62. The van der Waals surface area contributed by atoms with Gasteiger partial charge in [0, 0.05) is 37.4 Å². The van der Waals surface area contributed by atoms with E-state index in [2.05, 4.69) is 21.6 Å². The molecule has 2 aromatic rings. The summed E-state index contributed by atoms with van der Waals surface area (Å²) in [7, 11) is 0. The fourth-order valence-corrected chi connectivity index (χ4v) is 3.01. The van der Waals surface area contributed by atoms with Gasteiger partial charge in [0.15, 0.2) is 0 Å². The molecule has 7 heteroatoms. The van der Waals surface area contributed by atoms with Gasteiger partial charge in [0.2, 0.25) is 0 Å². The SMILES string of the molecule is NC(=O)NCc1ccc(C(=O)NCc2ccccc2N2CCOCC2)cc1. The molecule has 0 aliphatic carbocycles. The van der Waals surface area contributed by atoms with Crippen molar-refractivity contribution in [2.75, 3.05) is 31.2 Å². The van der Waals surface area contributed by atoms with Gasteiger partial charge in [-0.05, 0) is 29.3 Å². The second-order valence-corrected chi connectivity index (χ2v) is 6.33. The number of rotatable bonds is 6. The van der Waals surface area contributed by atoms with Gasteiger partial charge in [0.25, 0.3) is 5.91 Å². The normalized spacial score (nSPS) is 13.9. The number of hydrogen-bond acceptors (Lipinski definition) is 4. The third-order valence-electron chi connectivity index (χ3n) is 4.47. The monoisotopic (exact) mass is 368 g/mol. The lowest BCUT2D eigenvalue weighted by Crippen LogP contribution is -2.37. The first kappa shape index (κ1) is 18.7. The van der Waals surface area contributed by atoms with Gasteiger partial charge in [-0.25, -0.2) is 4.79 Å². The molecule has 0 atom stereocenters. The fourth-order valence-electron chi connectivity index (χ4n) is 3.01. The second kappa shape index (κ2) is 9.05. The van der Waals surface area contributed by atoms with E-state index >= 15 is 0 Å². The van der Waals surface area contributed by atoms with Crippen LogP contribution in [0, 0.1) is 0 Å². The van der Waals surface area contributed by atoms with Crippen molar-refractivity contribution in [2.24, 2.45) is 5.73 Å². The van der Waals surface area contributed by atoms with Crippen LogP contribution in [0.1, 0.15) is 21.5 Å². The number of para-hydroxylation sites is 1. The maximum Gasteiger partial charge on any atom is 0.312 e. The summed E-state index contributed by atoms with van der Waals surface area (Å²) < 4.78 is 5.42. The number of primary amides is 1. The van der Waals surface area contributed by atoms with Crippen LogP contribution in [0.4, 0.5) is 10.5 Å². The van der Waals surface area contributed by atoms with Crippen LogP contribution in [0.2, 0.25) is 0 Å². The minimum Gasteiger partial charge on any atom is -0.378 e. The molecule has 0 unspecified atom stereocenters. The molecule has 1 saturated heterocycles. The van der Waals surface area contributed by atoms with Gasteiger partial charge in [-0.1, -0.05) is 30.3 Å². The van der Waals surface area contributed by atoms with Crippen LogP contribution in [0.15, 0.2) is 48.5 Å². The molecule has 2 aromatic carbocycles. The van der Waals surface area contributed by atoms with E-state index in [1.165, 1.54) is 0 Å². The maximum absolute atomic E-state index is 12.4. The third-order valence-corrected chi connectivity index (χ3v) is 4.47. The lowest BCUT2D eigenvalue weighted by Gasteiger charge is -2.30. The molecular formula is C20H24N4O3. The van der Waals surface area contributed by atoms with Crippen LogP contribution in [-0.4, -0.2) is 38.2 Å². The summed E-state index contributed by atoms with van der Waals surface area (Å²) in [4.78, 5) is 25.5. The van der Waals surface area contributed by atoms with Gasteiger partial charge < -0.3 is 26.0 Å². The number of urea groups is 1. The highest BCUT2D eigenvalue weighted by Crippen LogP contribution is 2.21. The van der Waals surface area contributed by atoms with Crippen LogP contribution >= 0.6 is 0 Å². The Labute approximate surface area is 158 Å². The van der Waals surface area contributed by atoms with Crippen molar-refractivity contribution in [3.05, 3.63) is 65.2 Å². The number of nitrogens with one attached hydrogen (secondary N) is 2. The molecule has 4 N–H and O–H groups in total. The van der Waals surface area contributed by atoms with E-state index in [4.69, 9.17) is 10.5 Å². The van der Waals surface area contributed by atoms with E-state index in [1.807, 2.05) is 18.2 Å². The van der Waals surface area contributed by atoms with Crippen LogP contribution in [0.25, 0.3) is 0 Å². The van der Waals surface area contributed by atoms with Crippen LogP contribution in [-0.2, 0) is 17.8 Å². The molecule has 1 heterocycles. The van der Waals surface area contributed by atoms with Gasteiger partial charge in [-0.15, -0.1) is 0 Å². The Hall–Kier alpha value is -3.06. The quantitative estimate of drug-likeness (QED) is 0.722. The molecule has 0 aromatic heterocycles. The minimum atomic E-state index is -0.573. The van der Waals surface area contributed by atoms with Gasteiger partial charge in [0.05, 0.1) is 13.2 Å². The highest BCUT2D eigenvalue weighted by molar-refractivity contribution is 5.94. The van der Waals surface area contributed by atoms with Crippen molar-refractivity contribution in [3.8, 4) is 0 Å². The van der Waals surface area contributed by atoms with Crippen molar-refractivity contribution < 1.29 is 14.3 Å². The Morgan fingerprint density at radius 3 is 2.37 bits per heavy atom. The lowest BCUT2D eigenvalue weighted by atomic mass is 10.1. The molecule has 142 valence electrons. The first-order valence-electron chi connectivity index (χ1n) is 8.94. The molecule has 0 spiro atoms.